The van der Waals surface area contributed by atoms with Crippen LogP contribution >= 0.6 is 0 Å². The van der Waals surface area contributed by atoms with Crippen LogP contribution in [0.25, 0.3) is 11.4 Å². The molecule has 0 aliphatic carbocycles. The van der Waals surface area contributed by atoms with Crippen LogP contribution in [-0.2, 0) is 4.74 Å². The van der Waals surface area contributed by atoms with Crippen LogP contribution in [0, 0.1) is 16.7 Å². The Balaban J connectivity index is 1.11. The largest absolute Gasteiger partial charge is 0.485 e. The summed E-state index contributed by atoms with van der Waals surface area (Å²) < 4.78 is 26.1. The van der Waals surface area contributed by atoms with E-state index in [0.717, 1.165) is 45.1 Å². The molecule has 1 aromatic heterocycles. The fraction of sp³-hybridized carbons (Fsp3) is 0.467. The summed E-state index contributed by atoms with van der Waals surface area (Å²) >= 11 is 0. The number of alkyl halides is 1. The average molecular weight is 559 g/mol. The van der Waals surface area contributed by atoms with Crippen molar-refractivity contribution in [3.05, 3.63) is 54.4 Å². The number of halogens is 1. The maximum atomic E-state index is 14.7. The number of anilines is 3. The van der Waals surface area contributed by atoms with Crippen molar-refractivity contribution in [3.63, 3.8) is 0 Å². The van der Waals surface area contributed by atoms with Crippen LogP contribution in [0.15, 0.2) is 48.8 Å². The number of hydrogen-bond donors (Lipinski definition) is 2. The van der Waals surface area contributed by atoms with E-state index < -0.39 is 17.7 Å². The van der Waals surface area contributed by atoms with Gasteiger partial charge in [-0.1, -0.05) is 13.8 Å². The van der Waals surface area contributed by atoms with E-state index in [1.165, 1.54) is 12.0 Å². The normalized spacial score (nSPS) is 22.9. The van der Waals surface area contributed by atoms with Gasteiger partial charge in [-0.15, -0.1) is 0 Å². The molecular formula is C30H35FN8O2. The molecule has 0 bridgehead atoms. The van der Waals surface area contributed by atoms with Crippen LogP contribution in [0.1, 0.15) is 19.4 Å². The van der Waals surface area contributed by atoms with Crippen LogP contribution in [0.3, 0.4) is 0 Å². The number of aromatic nitrogens is 3. The molecule has 2 unspecified atom stereocenters. The molecule has 11 heteroatoms. The quantitative estimate of drug-likeness (QED) is 0.448. The number of hydrogen-bond acceptors (Lipinski definition) is 10. The Labute approximate surface area is 239 Å². The molecule has 2 aromatic carbocycles. The number of nitriles is 1. The highest BCUT2D eigenvalue weighted by molar-refractivity contribution is 5.64. The van der Waals surface area contributed by atoms with E-state index >= 15 is 0 Å². The van der Waals surface area contributed by atoms with Gasteiger partial charge in [0.25, 0.3) is 0 Å². The summed E-state index contributed by atoms with van der Waals surface area (Å²) in [6.45, 7) is 10.6. The minimum atomic E-state index is -1.17. The maximum absolute atomic E-state index is 14.7. The summed E-state index contributed by atoms with van der Waals surface area (Å²) in [6.07, 6.45) is -0.394. The molecular weight excluding hydrogens is 523 g/mol. The first-order valence-electron chi connectivity index (χ1n) is 14.1. The van der Waals surface area contributed by atoms with E-state index in [2.05, 4.69) is 53.6 Å². The highest BCUT2D eigenvalue weighted by Gasteiger charge is 2.41. The third kappa shape index (κ3) is 5.95. The zero-order valence-corrected chi connectivity index (χ0v) is 23.4. The number of benzene rings is 2. The van der Waals surface area contributed by atoms with E-state index in [9.17, 15) is 9.65 Å². The first-order chi connectivity index (χ1) is 19.9. The molecule has 0 amide bonds. The van der Waals surface area contributed by atoms with Gasteiger partial charge in [-0.2, -0.15) is 10.2 Å². The molecule has 0 radical (unpaired) electrons. The first-order valence-corrected chi connectivity index (χ1v) is 14.1. The lowest BCUT2D eigenvalue weighted by Gasteiger charge is -2.43. The maximum Gasteiger partial charge on any atom is 0.230 e. The molecule has 3 saturated heterocycles. The highest BCUT2D eigenvalue weighted by Crippen LogP contribution is 2.34. The summed E-state index contributed by atoms with van der Waals surface area (Å²) in [5.74, 6) is 1.17. The summed E-state index contributed by atoms with van der Waals surface area (Å²) in [7, 11) is 0. The number of piperazine rings is 1. The summed E-state index contributed by atoms with van der Waals surface area (Å²) in [5.41, 5.74) is 2.58. The van der Waals surface area contributed by atoms with Gasteiger partial charge in [0.15, 0.2) is 5.82 Å². The van der Waals surface area contributed by atoms with Gasteiger partial charge in [0.2, 0.25) is 5.95 Å². The average Bonchev–Trinajstić information content (AvgIpc) is 2.95. The molecule has 0 spiro atoms. The summed E-state index contributed by atoms with van der Waals surface area (Å²) in [5, 5.41) is 16.2. The lowest BCUT2D eigenvalue weighted by Crippen LogP contribution is -2.56. The lowest BCUT2D eigenvalue weighted by atomic mass is 9.81. The van der Waals surface area contributed by atoms with Crippen molar-refractivity contribution in [2.45, 2.75) is 32.2 Å². The standard InChI is InChI=1S/C30H35FN8O2/c1-30(2)18-33-15-25(31)27(30)41-26-8-3-20(13-21(26)14-32)28-34-19-35-29(37-28)36-22-4-6-23(7-5-22)38-9-11-39(12-10-38)24-16-40-17-24/h3-8,13,19,24-25,27,33H,9-12,15-18H2,1-2H3,(H,34,35,36,37). The van der Waals surface area contributed by atoms with E-state index in [1.807, 2.05) is 26.0 Å². The number of ether oxygens (including phenoxy) is 2. The second-order valence-electron chi connectivity index (χ2n) is 11.5. The van der Waals surface area contributed by atoms with Gasteiger partial charge in [0.05, 0.1) is 24.8 Å². The van der Waals surface area contributed by atoms with Crippen molar-refractivity contribution in [2.75, 3.05) is 62.7 Å². The molecule has 0 saturated carbocycles. The molecule has 3 aromatic rings. The second-order valence-corrected chi connectivity index (χ2v) is 11.5. The minimum absolute atomic E-state index is 0.227. The van der Waals surface area contributed by atoms with Crippen LogP contribution in [0.5, 0.6) is 5.75 Å². The van der Waals surface area contributed by atoms with Gasteiger partial charge < -0.3 is 25.0 Å². The number of rotatable bonds is 7. The third-order valence-corrected chi connectivity index (χ3v) is 8.14. The third-order valence-electron chi connectivity index (χ3n) is 8.14. The van der Waals surface area contributed by atoms with E-state index in [-0.39, 0.29) is 6.54 Å². The molecule has 3 aliphatic heterocycles. The Morgan fingerprint density at radius 1 is 1.10 bits per heavy atom. The molecule has 41 heavy (non-hydrogen) atoms. The molecule has 4 heterocycles. The van der Waals surface area contributed by atoms with Crippen molar-refractivity contribution >= 4 is 17.3 Å². The van der Waals surface area contributed by atoms with Crippen molar-refractivity contribution in [3.8, 4) is 23.2 Å². The van der Waals surface area contributed by atoms with Crippen molar-refractivity contribution in [1.82, 2.24) is 25.2 Å². The topological polar surface area (TPSA) is 111 Å². The first kappa shape index (κ1) is 27.3. The Kier molecular flexibility index (Phi) is 7.71. The van der Waals surface area contributed by atoms with Crippen LogP contribution in [0.2, 0.25) is 0 Å². The predicted molar refractivity (Wildman–Crippen MR) is 154 cm³/mol. The molecule has 10 nitrogen and oxygen atoms in total. The molecule has 6 rings (SSSR count). The molecule has 2 N–H and O–H groups in total. The number of piperidine rings is 1. The molecule has 3 fully saturated rings. The highest BCUT2D eigenvalue weighted by atomic mass is 19.1. The van der Waals surface area contributed by atoms with Crippen molar-refractivity contribution in [2.24, 2.45) is 5.41 Å². The van der Waals surface area contributed by atoms with Crippen molar-refractivity contribution in [1.29, 1.82) is 5.26 Å². The van der Waals surface area contributed by atoms with Crippen molar-refractivity contribution < 1.29 is 13.9 Å². The van der Waals surface area contributed by atoms with Crippen LogP contribution in [-0.4, -0.2) is 90.7 Å². The molecule has 2 atom stereocenters. The smallest absolute Gasteiger partial charge is 0.230 e. The van der Waals surface area contributed by atoms with Crippen LogP contribution in [0.4, 0.5) is 21.7 Å². The van der Waals surface area contributed by atoms with E-state index in [4.69, 9.17) is 9.47 Å². The summed E-state index contributed by atoms with van der Waals surface area (Å²) in [4.78, 5) is 18.1. The Hall–Kier alpha value is -3.85. The summed E-state index contributed by atoms with van der Waals surface area (Å²) in [6, 6.07) is 16.2. The van der Waals surface area contributed by atoms with Gasteiger partial charge in [0, 0.05) is 61.6 Å². The Bertz CT molecular complexity index is 1400. The fourth-order valence-corrected chi connectivity index (χ4v) is 5.62. The van der Waals surface area contributed by atoms with Gasteiger partial charge in [-0.3, -0.25) is 4.90 Å². The van der Waals surface area contributed by atoms with E-state index in [1.54, 1.807) is 18.2 Å². The van der Waals surface area contributed by atoms with Gasteiger partial charge in [0.1, 0.15) is 30.4 Å². The number of nitrogens with one attached hydrogen (secondary N) is 2. The molecule has 3 aliphatic rings. The SMILES string of the molecule is CC1(C)CNCC(F)C1Oc1ccc(-c2ncnc(Nc3ccc(N4CCN(C5COC5)CC4)cc3)n2)cc1C#N. The predicted octanol–water partition coefficient (Wildman–Crippen LogP) is 3.39. The lowest BCUT2D eigenvalue weighted by molar-refractivity contribution is -0.0660. The number of nitrogens with zero attached hydrogens (tertiary/aromatic N) is 6. The minimum Gasteiger partial charge on any atom is -0.485 e. The van der Waals surface area contributed by atoms with Gasteiger partial charge in [-0.05, 0) is 42.5 Å². The van der Waals surface area contributed by atoms with Crippen LogP contribution < -0.4 is 20.3 Å². The Morgan fingerprint density at radius 3 is 2.56 bits per heavy atom. The van der Waals surface area contributed by atoms with E-state index in [0.29, 0.717) is 41.2 Å². The molecule has 214 valence electrons. The fourth-order valence-electron chi connectivity index (χ4n) is 5.62. The zero-order valence-electron chi connectivity index (χ0n) is 23.4. The zero-order chi connectivity index (χ0) is 28.4. The van der Waals surface area contributed by atoms with Gasteiger partial charge in [-0.25, -0.2) is 14.4 Å². The Morgan fingerprint density at radius 2 is 1.88 bits per heavy atom. The monoisotopic (exact) mass is 558 g/mol. The van der Waals surface area contributed by atoms with Gasteiger partial charge >= 0.3 is 0 Å². The second kappa shape index (κ2) is 11.6.